The van der Waals surface area contributed by atoms with Crippen molar-refractivity contribution in [2.45, 2.75) is 19.9 Å². The van der Waals surface area contributed by atoms with Gasteiger partial charge in [0.15, 0.2) is 0 Å². The van der Waals surface area contributed by atoms with Crippen LogP contribution in [-0.2, 0) is 11.3 Å². The van der Waals surface area contributed by atoms with E-state index in [1.54, 1.807) is 7.11 Å². The minimum Gasteiger partial charge on any atom is -0.385 e. The normalized spacial score (nSPS) is 10.8. The number of aromatic nitrogens is 2. The minimum absolute atomic E-state index is 0.745. The number of nitrogens with zero attached hydrogens (tertiary/aromatic N) is 2. The molecule has 6 heteroatoms. The third kappa shape index (κ3) is 3.84. The van der Waals surface area contributed by atoms with Gasteiger partial charge in [0.05, 0.1) is 11.4 Å². The molecule has 1 N–H and O–H groups in total. The first-order chi connectivity index (χ1) is 9.61. The number of hydrogen-bond donors (Lipinski definition) is 1. The molecule has 2 aromatic rings. The van der Waals surface area contributed by atoms with Crippen molar-refractivity contribution in [2.24, 2.45) is 0 Å². The Morgan fingerprint density at radius 3 is 2.65 bits per heavy atom. The molecule has 0 bridgehead atoms. The highest BCUT2D eigenvalue weighted by atomic mass is 79.9. The summed E-state index contributed by atoms with van der Waals surface area (Å²) in [6.45, 7) is 3.61. The number of hydrogen-bond acceptors (Lipinski definition) is 3. The zero-order valence-corrected chi connectivity index (χ0v) is 14.7. The average Bonchev–Trinajstić information content (AvgIpc) is 2.75. The fraction of sp³-hybridized carbons (Fsp3) is 0.357. The molecule has 0 spiro atoms. The molecule has 1 aromatic carbocycles. The lowest BCUT2D eigenvalue weighted by Gasteiger charge is -2.12. The fourth-order valence-electron chi connectivity index (χ4n) is 1.93. The van der Waals surface area contributed by atoms with Crippen molar-refractivity contribution in [2.75, 3.05) is 19.0 Å². The van der Waals surface area contributed by atoms with E-state index in [4.69, 9.17) is 4.74 Å². The van der Waals surface area contributed by atoms with Gasteiger partial charge in [0, 0.05) is 35.4 Å². The van der Waals surface area contributed by atoms with Gasteiger partial charge in [-0.3, -0.25) is 0 Å². The molecular formula is C14H17Br2N3O. The molecule has 0 aliphatic carbocycles. The lowest BCUT2D eigenvalue weighted by molar-refractivity contribution is 0.190. The van der Waals surface area contributed by atoms with Crippen molar-refractivity contribution >= 4 is 43.5 Å². The number of methoxy groups -OCH3 is 1. The number of para-hydroxylation sites is 1. The molecule has 20 heavy (non-hydrogen) atoms. The molecule has 2 rings (SSSR count). The van der Waals surface area contributed by atoms with Gasteiger partial charge in [0.1, 0.15) is 0 Å². The number of anilines is 2. The maximum Gasteiger partial charge on any atom is 0.207 e. The van der Waals surface area contributed by atoms with Crippen LogP contribution >= 0.6 is 31.9 Å². The first-order valence-electron chi connectivity index (χ1n) is 6.35. The number of imidazole rings is 1. The van der Waals surface area contributed by atoms with Crippen LogP contribution in [0.25, 0.3) is 0 Å². The largest absolute Gasteiger partial charge is 0.385 e. The molecule has 108 valence electrons. The Labute approximate surface area is 135 Å². The summed E-state index contributed by atoms with van der Waals surface area (Å²) >= 11 is 7.10. The number of benzene rings is 1. The van der Waals surface area contributed by atoms with Crippen molar-refractivity contribution in [3.05, 3.63) is 39.0 Å². The van der Waals surface area contributed by atoms with Crippen LogP contribution in [0.15, 0.2) is 33.3 Å². The van der Waals surface area contributed by atoms with Crippen molar-refractivity contribution in [3.63, 3.8) is 0 Å². The second-order valence-electron chi connectivity index (χ2n) is 4.47. The van der Waals surface area contributed by atoms with Crippen molar-refractivity contribution in [1.82, 2.24) is 9.55 Å². The van der Waals surface area contributed by atoms with Gasteiger partial charge in [-0.1, -0.05) is 6.07 Å². The highest BCUT2D eigenvalue weighted by molar-refractivity contribution is 9.11. The first kappa shape index (κ1) is 15.5. The summed E-state index contributed by atoms with van der Waals surface area (Å²) < 4.78 is 9.20. The summed E-state index contributed by atoms with van der Waals surface area (Å²) in [5.74, 6) is 0.839. The van der Waals surface area contributed by atoms with E-state index in [0.29, 0.717) is 0 Å². The Morgan fingerprint density at radius 2 is 2.00 bits per heavy atom. The van der Waals surface area contributed by atoms with Crippen LogP contribution in [0.5, 0.6) is 0 Å². The summed E-state index contributed by atoms with van der Waals surface area (Å²) in [5, 5.41) is 3.37. The monoisotopic (exact) mass is 401 g/mol. The lowest BCUT2D eigenvalue weighted by Crippen LogP contribution is -2.05. The van der Waals surface area contributed by atoms with Crippen LogP contribution in [0.3, 0.4) is 0 Å². The van der Waals surface area contributed by atoms with Crippen LogP contribution in [0.1, 0.15) is 12.1 Å². The van der Waals surface area contributed by atoms with Gasteiger partial charge in [0.2, 0.25) is 5.95 Å². The van der Waals surface area contributed by atoms with Gasteiger partial charge in [-0.05, 0) is 57.3 Å². The van der Waals surface area contributed by atoms with Crippen molar-refractivity contribution in [1.29, 1.82) is 0 Å². The quantitative estimate of drug-likeness (QED) is 0.723. The average molecular weight is 403 g/mol. The van der Waals surface area contributed by atoms with Crippen LogP contribution < -0.4 is 5.32 Å². The molecular weight excluding hydrogens is 386 g/mol. The molecule has 1 aromatic heterocycles. The van der Waals surface area contributed by atoms with Crippen LogP contribution in [0.2, 0.25) is 0 Å². The Morgan fingerprint density at radius 1 is 1.30 bits per heavy atom. The summed E-state index contributed by atoms with van der Waals surface area (Å²) in [5.41, 5.74) is 1.97. The molecule has 0 saturated carbocycles. The molecule has 0 radical (unpaired) electrons. The number of ether oxygens (including phenoxy) is 1. The number of halogens is 2. The van der Waals surface area contributed by atoms with E-state index in [-0.39, 0.29) is 0 Å². The molecule has 0 aliphatic rings. The summed E-state index contributed by atoms with van der Waals surface area (Å²) in [7, 11) is 1.72. The Hall–Kier alpha value is -0.850. The van der Waals surface area contributed by atoms with Gasteiger partial charge in [-0.25, -0.2) is 4.98 Å². The summed E-state index contributed by atoms with van der Waals surface area (Å²) in [4.78, 5) is 4.54. The van der Waals surface area contributed by atoms with Gasteiger partial charge in [0.25, 0.3) is 0 Å². The second-order valence-corrected chi connectivity index (χ2v) is 6.18. The molecule has 0 fully saturated rings. The van der Waals surface area contributed by atoms with Crippen molar-refractivity contribution < 1.29 is 4.74 Å². The van der Waals surface area contributed by atoms with E-state index in [0.717, 1.165) is 45.8 Å². The van der Waals surface area contributed by atoms with Gasteiger partial charge < -0.3 is 14.6 Å². The third-order valence-electron chi connectivity index (χ3n) is 2.84. The second kappa shape index (κ2) is 7.24. The Bertz CT molecular complexity index is 564. The minimum atomic E-state index is 0.745. The molecule has 4 nitrogen and oxygen atoms in total. The van der Waals surface area contributed by atoms with Gasteiger partial charge >= 0.3 is 0 Å². The molecule has 0 aliphatic heterocycles. The van der Waals surface area contributed by atoms with Gasteiger partial charge in [-0.2, -0.15) is 0 Å². The maximum atomic E-state index is 5.10. The van der Waals surface area contributed by atoms with Crippen LogP contribution in [-0.4, -0.2) is 23.3 Å². The smallest absolute Gasteiger partial charge is 0.207 e. The van der Waals surface area contributed by atoms with E-state index < -0.39 is 0 Å². The zero-order chi connectivity index (χ0) is 14.5. The lowest BCUT2D eigenvalue weighted by atomic mass is 10.3. The Kier molecular flexibility index (Phi) is 5.63. The molecule has 0 amide bonds. The number of rotatable bonds is 6. The SMILES string of the molecule is COCCCn1cc(C)nc1Nc1c(Br)cccc1Br. The standard InChI is InChI=1S/C14H17Br2N3O/c1-10-9-19(7-4-8-20-2)14(17-10)18-13-11(15)5-3-6-12(13)16/h3,5-6,9H,4,7-8H2,1-2H3,(H,17,18). The Balaban J connectivity index is 2.20. The van der Waals surface area contributed by atoms with Crippen LogP contribution in [0, 0.1) is 6.92 Å². The predicted molar refractivity (Wildman–Crippen MR) is 88.6 cm³/mol. The molecule has 0 saturated heterocycles. The number of aryl methyl sites for hydroxylation is 2. The van der Waals surface area contributed by atoms with E-state index in [2.05, 4.69) is 46.7 Å². The topological polar surface area (TPSA) is 39.1 Å². The van der Waals surface area contributed by atoms with Crippen molar-refractivity contribution in [3.8, 4) is 0 Å². The van der Waals surface area contributed by atoms with Crippen LogP contribution in [0.4, 0.5) is 11.6 Å². The highest BCUT2D eigenvalue weighted by Gasteiger charge is 2.10. The molecule has 0 atom stereocenters. The molecule has 1 heterocycles. The van der Waals surface area contributed by atoms with E-state index in [1.165, 1.54) is 0 Å². The van der Waals surface area contributed by atoms with E-state index >= 15 is 0 Å². The highest BCUT2D eigenvalue weighted by Crippen LogP contribution is 2.32. The van der Waals surface area contributed by atoms with Gasteiger partial charge in [-0.15, -0.1) is 0 Å². The summed E-state index contributed by atoms with van der Waals surface area (Å²) in [6, 6.07) is 5.98. The van der Waals surface area contributed by atoms with E-state index in [1.807, 2.05) is 31.3 Å². The predicted octanol–water partition coefficient (Wildman–Crippen LogP) is 4.50. The number of nitrogens with one attached hydrogen (secondary N) is 1. The molecule has 0 unspecified atom stereocenters. The third-order valence-corrected chi connectivity index (χ3v) is 4.17. The fourth-order valence-corrected chi connectivity index (χ4v) is 3.12. The summed E-state index contributed by atoms with van der Waals surface area (Å²) in [6.07, 6.45) is 3.00. The van der Waals surface area contributed by atoms with E-state index in [9.17, 15) is 0 Å². The first-order valence-corrected chi connectivity index (χ1v) is 7.94. The maximum absolute atomic E-state index is 5.10. The zero-order valence-electron chi connectivity index (χ0n) is 11.5.